The van der Waals surface area contributed by atoms with E-state index in [0.29, 0.717) is 21.7 Å². The van der Waals surface area contributed by atoms with Gasteiger partial charge in [0.15, 0.2) is 0 Å². The molecule has 0 fully saturated rings. The van der Waals surface area contributed by atoms with Gasteiger partial charge in [0.2, 0.25) is 0 Å². The summed E-state index contributed by atoms with van der Waals surface area (Å²) >= 11 is 20.7. The average molecular weight is 1240 g/mol. The third kappa shape index (κ3) is 21.3. The molecule has 0 saturated carbocycles. The minimum atomic E-state index is -1.12. The molecule has 3 aromatic heterocycles. The highest BCUT2D eigenvalue weighted by Crippen LogP contribution is 2.20. The summed E-state index contributed by atoms with van der Waals surface area (Å²) in [6, 6.07) is 25.3. The highest BCUT2D eigenvalue weighted by Gasteiger charge is 2.19. The lowest BCUT2D eigenvalue weighted by atomic mass is 10.1. The highest BCUT2D eigenvalue weighted by atomic mass is 79.9. The van der Waals surface area contributed by atoms with Crippen molar-refractivity contribution in [3.05, 3.63) is 241 Å². The van der Waals surface area contributed by atoms with E-state index in [1.165, 1.54) is 30.6 Å². The fraction of sp³-hybridized carbons (Fsp3) is 0.0400. The van der Waals surface area contributed by atoms with Gasteiger partial charge in [-0.3, -0.25) is 19.4 Å². The van der Waals surface area contributed by atoms with Crippen LogP contribution in [0.1, 0.15) is 42.3 Å². The standard InChI is InChI=1S/C19H12F4N2O.C12H7BrF2N2O.C7H3ClF2O.C6H5F2N.C5H5BrN2.CH2Cl2/c20-12-4-7-15(21)11(8-12)9-13-5-6-14(10-24-13)25-19(26)18-16(22)2-1-3-17(18)23;13-10-5-4-7(6-16-10)17-12(18)11-8(14)2-1-3-9(11)15;8-7(11)6-4(9)2-1-3-5(6)10;7-4-1-2-5(8)6(9)3-4;6-5-2-1-4(7)3-8-5;2-1-3/h1-8,10H,9H2,(H,25,26);1-6H,(H,17,18);1-3H;1-3H,9H2;1-3H,7H2;1H2. The lowest BCUT2D eigenvalue weighted by Gasteiger charge is -2.08. The van der Waals surface area contributed by atoms with E-state index in [-0.39, 0.29) is 28.7 Å². The number of amides is 2. The number of nitrogen functional groups attached to an aromatic ring is 2. The third-order valence-electron chi connectivity index (χ3n) is 8.69. The second kappa shape index (κ2) is 31.6. The molecule has 0 bridgehead atoms. The molecule has 6 N–H and O–H groups in total. The monoisotopic (exact) mass is 1230 g/mol. The maximum absolute atomic E-state index is 13.6. The molecule has 392 valence electrons. The van der Waals surface area contributed by atoms with Crippen molar-refractivity contribution in [1.82, 2.24) is 15.0 Å². The molecule has 2 amide bonds. The van der Waals surface area contributed by atoms with Crippen LogP contribution in [0.15, 0.2) is 155 Å². The van der Waals surface area contributed by atoms with E-state index in [4.69, 9.17) is 46.3 Å². The average Bonchev–Trinajstić information content (AvgIpc) is 3.34. The summed E-state index contributed by atoms with van der Waals surface area (Å²) in [6.45, 7) is 0. The molecule has 0 saturated heterocycles. The number of nitrogens with zero attached hydrogens (tertiary/aromatic N) is 3. The Morgan fingerprint density at radius 2 is 0.880 bits per heavy atom. The lowest BCUT2D eigenvalue weighted by molar-refractivity contribution is 0.101. The smallest absolute Gasteiger partial charge is 0.261 e. The first kappa shape index (κ1) is 62.2. The number of hydrogen-bond donors (Lipinski definition) is 4. The molecular weight excluding hydrogens is 1200 g/mol. The molecule has 0 unspecified atom stereocenters. The number of halogens is 15. The second-order valence-electron chi connectivity index (χ2n) is 14.0. The Balaban J connectivity index is 0.000000262. The second-order valence-corrected chi connectivity index (χ2v) is 16.7. The quantitative estimate of drug-likeness (QED) is 0.0402. The zero-order valence-corrected chi connectivity index (χ0v) is 43.1. The molecule has 3 heterocycles. The summed E-state index contributed by atoms with van der Waals surface area (Å²) in [5, 5.41) is 3.77. The first-order valence-corrected chi connectivity index (χ1v) is 23.4. The molecule has 0 aliphatic rings. The number of carbonyl (C=O) groups excluding carboxylic acids is 3. The minimum Gasteiger partial charge on any atom is -0.397 e. The summed E-state index contributed by atoms with van der Waals surface area (Å²) in [6.07, 6.45) is 4.30. The van der Waals surface area contributed by atoms with Crippen LogP contribution in [0.3, 0.4) is 0 Å². The largest absolute Gasteiger partial charge is 0.397 e. The van der Waals surface area contributed by atoms with Gasteiger partial charge in [-0.15, -0.1) is 23.2 Å². The van der Waals surface area contributed by atoms with E-state index in [9.17, 15) is 58.3 Å². The first-order valence-electron chi connectivity index (χ1n) is 20.4. The van der Waals surface area contributed by atoms with E-state index in [2.05, 4.69) is 57.4 Å². The lowest BCUT2D eigenvalue weighted by Crippen LogP contribution is -2.16. The summed E-state index contributed by atoms with van der Waals surface area (Å²) in [5.41, 5.74) is 10.0. The Labute approximate surface area is 452 Å². The summed E-state index contributed by atoms with van der Waals surface area (Å²) in [4.78, 5) is 45.9. The first-order chi connectivity index (χ1) is 35.5. The van der Waals surface area contributed by atoms with E-state index in [1.54, 1.807) is 30.5 Å². The molecule has 10 nitrogen and oxygen atoms in total. The highest BCUT2D eigenvalue weighted by molar-refractivity contribution is 9.10. The number of anilines is 4. The van der Waals surface area contributed by atoms with Crippen molar-refractivity contribution >= 4 is 106 Å². The topological polar surface area (TPSA) is 166 Å². The van der Waals surface area contributed by atoms with Crippen molar-refractivity contribution in [2.24, 2.45) is 0 Å². The van der Waals surface area contributed by atoms with Crippen LogP contribution in [-0.2, 0) is 6.42 Å². The van der Waals surface area contributed by atoms with Crippen LogP contribution in [0.2, 0.25) is 0 Å². The van der Waals surface area contributed by atoms with Crippen molar-refractivity contribution in [1.29, 1.82) is 0 Å². The van der Waals surface area contributed by atoms with Gasteiger partial charge < -0.3 is 22.1 Å². The molecule has 0 spiro atoms. The van der Waals surface area contributed by atoms with Crippen LogP contribution >= 0.6 is 66.7 Å². The zero-order valence-electron chi connectivity index (χ0n) is 37.7. The molecule has 25 heteroatoms. The number of rotatable bonds is 7. The van der Waals surface area contributed by atoms with Crippen LogP contribution in [0.4, 0.5) is 66.7 Å². The molecule has 0 aliphatic carbocycles. The van der Waals surface area contributed by atoms with Gasteiger partial charge in [-0.25, -0.2) is 53.9 Å². The Morgan fingerprint density at radius 3 is 1.23 bits per heavy atom. The Kier molecular flexibility index (Phi) is 26.2. The molecule has 0 atom stereocenters. The van der Waals surface area contributed by atoms with Crippen molar-refractivity contribution in [3.63, 3.8) is 0 Å². The van der Waals surface area contributed by atoms with Gasteiger partial charge in [0.1, 0.15) is 84.1 Å². The third-order valence-corrected chi connectivity index (χ3v) is 9.82. The predicted octanol–water partition coefficient (Wildman–Crippen LogP) is 14.6. The van der Waals surface area contributed by atoms with Gasteiger partial charge in [-0.2, -0.15) is 0 Å². The number of pyridine rings is 3. The number of aromatic nitrogens is 3. The van der Waals surface area contributed by atoms with Crippen LogP contribution in [0.25, 0.3) is 0 Å². The number of benzene rings is 5. The van der Waals surface area contributed by atoms with E-state index in [0.717, 1.165) is 89.5 Å². The van der Waals surface area contributed by atoms with Crippen molar-refractivity contribution in [2.45, 2.75) is 6.42 Å². The van der Waals surface area contributed by atoms with Gasteiger partial charge in [-0.05, 0) is 158 Å². The predicted molar refractivity (Wildman–Crippen MR) is 274 cm³/mol. The van der Waals surface area contributed by atoms with Gasteiger partial charge in [0.25, 0.3) is 17.1 Å². The fourth-order valence-corrected chi connectivity index (χ4v) is 5.98. The van der Waals surface area contributed by atoms with Gasteiger partial charge in [0, 0.05) is 12.1 Å². The number of carbonyl (C=O) groups is 3. The van der Waals surface area contributed by atoms with E-state index >= 15 is 0 Å². The van der Waals surface area contributed by atoms with Crippen LogP contribution in [0.5, 0.6) is 0 Å². The van der Waals surface area contributed by atoms with Gasteiger partial charge >= 0.3 is 0 Å². The molecule has 8 rings (SSSR count). The van der Waals surface area contributed by atoms with Crippen molar-refractivity contribution in [2.75, 3.05) is 27.4 Å². The fourth-order valence-electron chi connectivity index (χ4n) is 5.33. The van der Waals surface area contributed by atoms with Crippen molar-refractivity contribution in [3.8, 4) is 0 Å². The summed E-state index contributed by atoms with van der Waals surface area (Å²) < 4.78 is 132. The maximum Gasteiger partial charge on any atom is 0.261 e. The molecule has 5 aromatic carbocycles. The maximum atomic E-state index is 13.6. The Bertz CT molecular complexity index is 3100. The van der Waals surface area contributed by atoms with E-state index < -0.39 is 91.9 Å². The Morgan fingerprint density at radius 1 is 0.480 bits per heavy atom. The van der Waals surface area contributed by atoms with Gasteiger partial charge in [-0.1, -0.05) is 18.2 Å². The van der Waals surface area contributed by atoms with Crippen molar-refractivity contribution < 1.29 is 58.3 Å². The van der Waals surface area contributed by atoms with E-state index in [1.807, 2.05) is 0 Å². The SMILES string of the molecule is ClCCl.Nc1cc(F)ccc1F.Nc1ccc(Br)nc1.O=C(Cl)c1c(F)cccc1F.O=C(Nc1ccc(Br)nc1)c1c(F)cccc1F.O=C(Nc1ccc(Cc2cc(F)ccc2F)nc1)c1c(F)cccc1F. The normalized spacial score (nSPS) is 9.91. The van der Waals surface area contributed by atoms with Crippen LogP contribution < -0.4 is 22.1 Å². The summed E-state index contributed by atoms with van der Waals surface area (Å²) in [7, 11) is 0. The number of alkyl halides is 2. The van der Waals surface area contributed by atoms with Crippen LogP contribution in [0, 0.1) is 58.2 Å². The zero-order chi connectivity index (χ0) is 55.8. The Hall–Kier alpha value is -7.11. The van der Waals surface area contributed by atoms with Crippen LogP contribution in [-0.4, -0.2) is 37.3 Å². The molecule has 75 heavy (non-hydrogen) atoms. The number of nitrogens with one attached hydrogen (secondary N) is 2. The molecule has 0 radical (unpaired) electrons. The van der Waals surface area contributed by atoms with Gasteiger partial charge in [0.05, 0.1) is 46.7 Å². The number of nitrogens with two attached hydrogens (primary N) is 2. The molecule has 0 aliphatic heterocycles. The minimum absolute atomic E-state index is 0.0553. The molecule has 8 aromatic rings. The summed E-state index contributed by atoms with van der Waals surface area (Å²) in [5.74, 6) is -9.67. The number of hydrogen-bond acceptors (Lipinski definition) is 8. The molecular formula is C50H34Br2Cl3F10N7O3.